The summed E-state index contributed by atoms with van der Waals surface area (Å²) in [5.41, 5.74) is 2.65. The van der Waals surface area contributed by atoms with E-state index in [1.165, 1.54) is 6.20 Å². The molecule has 8 nitrogen and oxygen atoms in total. The Bertz CT molecular complexity index is 888. The summed E-state index contributed by atoms with van der Waals surface area (Å²) in [6.45, 7) is 1.91. The highest BCUT2D eigenvalue weighted by molar-refractivity contribution is 6.32. The molecule has 0 spiro atoms. The molecule has 23 heavy (non-hydrogen) atoms. The van der Waals surface area contributed by atoms with Crippen LogP contribution in [0.1, 0.15) is 11.5 Å². The second kappa shape index (κ2) is 6.29. The van der Waals surface area contributed by atoms with Crippen molar-refractivity contribution in [3.63, 3.8) is 0 Å². The first kappa shape index (κ1) is 14.7. The number of nitrogens with one attached hydrogen (secondary N) is 2. The molecule has 3 aromatic rings. The van der Waals surface area contributed by atoms with E-state index in [1.807, 2.05) is 37.4 Å². The Morgan fingerprint density at radius 1 is 1.43 bits per heavy atom. The van der Waals surface area contributed by atoms with Gasteiger partial charge in [-0.25, -0.2) is 4.68 Å². The van der Waals surface area contributed by atoms with Gasteiger partial charge in [0.1, 0.15) is 11.6 Å². The molecule has 114 valence electrons. The number of nitrogens with zero attached hydrogens (tertiary/aromatic N) is 6. The number of rotatable bonds is 4. The van der Waals surface area contributed by atoms with E-state index in [0.717, 1.165) is 17.1 Å². The summed E-state index contributed by atoms with van der Waals surface area (Å²) in [4.78, 5) is 0. The Morgan fingerprint density at radius 3 is 2.91 bits per heavy atom. The fraction of sp³-hybridized carbons (Fsp3) is 0.0714. The minimum Gasteiger partial charge on any atom is -0.360 e. The van der Waals surface area contributed by atoms with Crippen LogP contribution >= 0.6 is 11.6 Å². The number of allylic oxidation sites excluding steroid dienone is 1. The highest BCUT2D eigenvalue weighted by Crippen LogP contribution is 2.24. The molecule has 0 aliphatic heterocycles. The standard InChI is InChI=1S/C14H11ClN8/c1-9-4-5-23(20-9)13-3-2-11(6-12(13)15)17-8-10(7-16)14-18-21-22-19-14/h2-6,8,17H,1H3,(H,18,19,21,22). The van der Waals surface area contributed by atoms with E-state index in [2.05, 4.69) is 31.0 Å². The lowest BCUT2D eigenvalue weighted by molar-refractivity contribution is 0.863. The minimum atomic E-state index is 0.217. The molecule has 0 aliphatic carbocycles. The van der Waals surface area contributed by atoms with E-state index < -0.39 is 0 Å². The molecule has 0 radical (unpaired) electrons. The number of nitriles is 1. The molecule has 1 aromatic carbocycles. The maximum Gasteiger partial charge on any atom is 0.216 e. The number of tetrazole rings is 1. The molecule has 0 saturated carbocycles. The Morgan fingerprint density at radius 2 is 2.30 bits per heavy atom. The van der Waals surface area contributed by atoms with E-state index in [0.29, 0.717) is 5.02 Å². The molecule has 0 unspecified atom stereocenters. The Hall–Kier alpha value is -3.18. The van der Waals surface area contributed by atoms with Gasteiger partial charge in [0.15, 0.2) is 0 Å². The first-order valence-corrected chi connectivity index (χ1v) is 6.98. The van der Waals surface area contributed by atoms with Crippen molar-refractivity contribution in [1.82, 2.24) is 30.4 Å². The predicted octanol–water partition coefficient (Wildman–Crippen LogP) is 2.32. The molecule has 0 fully saturated rings. The zero-order chi connectivity index (χ0) is 16.2. The SMILES string of the molecule is Cc1ccn(-c2ccc(NC=C(C#N)c3nn[nH]n3)cc2Cl)n1. The van der Waals surface area contributed by atoms with Gasteiger partial charge in [-0.1, -0.05) is 11.6 Å². The normalized spacial score (nSPS) is 11.3. The summed E-state index contributed by atoms with van der Waals surface area (Å²) in [5.74, 6) is 0.217. The molecule has 0 amide bonds. The van der Waals surface area contributed by atoms with E-state index in [-0.39, 0.29) is 11.4 Å². The smallest absolute Gasteiger partial charge is 0.216 e. The van der Waals surface area contributed by atoms with E-state index in [1.54, 1.807) is 10.7 Å². The molecular weight excluding hydrogens is 316 g/mol. The Kier molecular flexibility index (Phi) is 4.03. The van der Waals surface area contributed by atoms with Gasteiger partial charge in [-0.05, 0) is 36.4 Å². The molecular formula is C14H11ClN8. The number of benzene rings is 1. The van der Waals surface area contributed by atoms with Gasteiger partial charge in [0.2, 0.25) is 5.82 Å². The first-order valence-electron chi connectivity index (χ1n) is 6.60. The van der Waals surface area contributed by atoms with Gasteiger partial charge >= 0.3 is 0 Å². The average Bonchev–Trinajstić information content (AvgIpc) is 3.20. The van der Waals surface area contributed by atoms with Crippen molar-refractivity contribution >= 4 is 22.9 Å². The highest BCUT2D eigenvalue weighted by atomic mass is 35.5. The summed E-state index contributed by atoms with van der Waals surface area (Å²) in [5, 5.41) is 30.2. The van der Waals surface area contributed by atoms with Crippen LogP contribution in [-0.4, -0.2) is 30.4 Å². The molecule has 0 aliphatic rings. The van der Waals surface area contributed by atoms with Gasteiger partial charge in [0.25, 0.3) is 0 Å². The minimum absolute atomic E-state index is 0.217. The lowest BCUT2D eigenvalue weighted by Crippen LogP contribution is -1.98. The van der Waals surface area contributed by atoms with Crippen molar-refractivity contribution in [3.05, 3.63) is 53.2 Å². The third-order valence-electron chi connectivity index (χ3n) is 3.01. The zero-order valence-corrected chi connectivity index (χ0v) is 12.8. The lowest BCUT2D eigenvalue weighted by Gasteiger charge is -2.07. The predicted molar refractivity (Wildman–Crippen MR) is 84.7 cm³/mol. The number of H-pyrrole nitrogens is 1. The van der Waals surface area contributed by atoms with Crippen LogP contribution in [0, 0.1) is 18.3 Å². The zero-order valence-electron chi connectivity index (χ0n) is 12.0. The van der Waals surface area contributed by atoms with E-state index >= 15 is 0 Å². The first-order chi connectivity index (χ1) is 11.2. The van der Waals surface area contributed by atoms with Crippen LogP contribution in [0.4, 0.5) is 5.69 Å². The lowest BCUT2D eigenvalue weighted by atomic mass is 10.2. The summed E-state index contributed by atoms with van der Waals surface area (Å²) in [6.07, 6.45) is 3.34. The van der Waals surface area contributed by atoms with Crippen LogP contribution in [0.25, 0.3) is 11.3 Å². The molecule has 2 N–H and O–H groups in total. The molecule has 2 aromatic heterocycles. The van der Waals surface area contributed by atoms with Crippen LogP contribution in [0.5, 0.6) is 0 Å². The molecule has 0 atom stereocenters. The largest absolute Gasteiger partial charge is 0.360 e. The molecule has 9 heteroatoms. The van der Waals surface area contributed by atoms with E-state index in [9.17, 15) is 0 Å². The van der Waals surface area contributed by atoms with Crippen molar-refractivity contribution in [2.24, 2.45) is 0 Å². The maximum absolute atomic E-state index is 9.11. The van der Waals surface area contributed by atoms with Crippen molar-refractivity contribution in [3.8, 4) is 11.8 Å². The van der Waals surface area contributed by atoms with Crippen LogP contribution in [-0.2, 0) is 0 Å². The third-order valence-corrected chi connectivity index (χ3v) is 3.31. The molecule has 0 bridgehead atoms. The second-order valence-electron chi connectivity index (χ2n) is 4.62. The van der Waals surface area contributed by atoms with Gasteiger partial charge in [-0.2, -0.15) is 15.6 Å². The van der Waals surface area contributed by atoms with Gasteiger partial charge in [0, 0.05) is 18.1 Å². The summed E-state index contributed by atoms with van der Waals surface area (Å²) < 4.78 is 1.71. The van der Waals surface area contributed by atoms with Crippen molar-refractivity contribution in [2.45, 2.75) is 6.92 Å². The van der Waals surface area contributed by atoms with Crippen LogP contribution in [0.3, 0.4) is 0 Å². The number of hydrogen-bond acceptors (Lipinski definition) is 6. The third kappa shape index (κ3) is 3.20. The van der Waals surface area contributed by atoms with Gasteiger partial charge in [-0.15, -0.1) is 10.2 Å². The quantitative estimate of drug-likeness (QED) is 0.712. The fourth-order valence-corrected chi connectivity index (χ4v) is 2.18. The van der Waals surface area contributed by atoms with E-state index in [4.69, 9.17) is 16.9 Å². The van der Waals surface area contributed by atoms with Crippen LogP contribution in [0.15, 0.2) is 36.7 Å². The number of anilines is 1. The van der Waals surface area contributed by atoms with Crippen LogP contribution < -0.4 is 5.32 Å². The van der Waals surface area contributed by atoms with Crippen molar-refractivity contribution < 1.29 is 0 Å². The molecule has 3 rings (SSSR count). The van der Waals surface area contributed by atoms with Crippen LogP contribution in [0.2, 0.25) is 5.02 Å². The summed E-state index contributed by atoms with van der Waals surface area (Å²) in [7, 11) is 0. The maximum atomic E-state index is 9.11. The monoisotopic (exact) mass is 326 g/mol. The number of aromatic amines is 1. The fourth-order valence-electron chi connectivity index (χ4n) is 1.91. The number of halogens is 1. The summed E-state index contributed by atoms with van der Waals surface area (Å²) in [6, 6.07) is 9.31. The highest BCUT2D eigenvalue weighted by Gasteiger charge is 2.07. The Labute approximate surface area is 136 Å². The number of hydrogen-bond donors (Lipinski definition) is 2. The van der Waals surface area contributed by atoms with Gasteiger partial charge in [0.05, 0.1) is 16.4 Å². The van der Waals surface area contributed by atoms with Crippen molar-refractivity contribution in [2.75, 3.05) is 5.32 Å². The summed E-state index contributed by atoms with van der Waals surface area (Å²) >= 11 is 6.30. The molecule has 2 heterocycles. The van der Waals surface area contributed by atoms with Gasteiger partial charge in [-0.3, -0.25) is 0 Å². The van der Waals surface area contributed by atoms with Crippen molar-refractivity contribution in [1.29, 1.82) is 5.26 Å². The topological polar surface area (TPSA) is 108 Å². The van der Waals surface area contributed by atoms with Gasteiger partial charge < -0.3 is 5.32 Å². The second-order valence-corrected chi connectivity index (χ2v) is 5.02. The number of aromatic nitrogens is 6. The Balaban J connectivity index is 1.82. The average molecular weight is 327 g/mol. The number of aryl methyl sites for hydroxylation is 1. The molecule has 0 saturated heterocycles.